The van der Waals surface area contributed by atoms with E-state index in [0.29, 0.717) is 11.3 Å². The van der Waals surface area contributed by atoms with Gasteiger partial charge >= 0.3 is 5.97 Å². The summed E-state index contributed by atoms with van der Waals surface area (Å²) < 4.78 is 4.80. The number of ether oxygens (including phenoxy) is 1. The summed E-state index contributed by atoms with van der Waals surface area (Å²) in [5.74, 6) is -0.501. The summed E-state index contributed by atoms with van der Waals surface area (Å²) in [6.45, 7) is -0.259. The van der Waals surface area contributed by atoms with Crippen molar-refractivity contribution < 1.29 is 19.3 Å². The van der Waals surface area contributed by atoms with Crippen molar-refractivity contribution in [3.63, 3.8) is 0 Å². The molecule has 0 spiro atoms. The number of carbonyl (C=O) groups excluding carboxylic acids is 1. The monoisotopic (exact) mass is 286 g/mol. The van der Waals surface area contributed by atoms with E-state index in [1.54, 1.807) is 24.3 Å². The maximum Gasteiger partial charge on any atom is 0.340 e. The molecule has 6 heteroatoms. The summed E-state index contributed by atoms with van der Waals surface area (Å²) in [6, 6.07) is 16.0. The summed E-state index contributed by atoms with van der Waals surface area (Å²) >= 11 is 0. The molecule has 0 saturated heterocycles. The molecule has 0 radical (unpaired) electrons. The van der Waals surface area contributed by atoms with Gasteiger partial charge in [-0.05, 0) is 36.4 Å². The Hall–Kier alpha value is -2.57. The lowest BCUT2D eigenvalue weighted by Gasteiger charge is -2.03. The Morgan fingerprint density at radius 3 is 2.19 bits per heavy atom. The fraction of sp³-hybridized carbons (Fsp3) is 0.133. The van der Waals surface area contributed by atoms with Crippen molar-refractivity contribution in [1.29, 1.82) is 0 Å². The summed E-state index contributed by atoms with van der Waals surface area (Å²) in [4.78, 5) is 20.4. The highest BCUT2D eigenvalue weighted by atomic mass is 17.2. The molecule has 108 valence electrons. The minimum absolute atomic E-state index is 0.259. The smallest absolute Gasteiger partial charge is 0.340 e. The molecule has 0 aliphatic heterocycles. The van der Waals surface area contributed by atoms with Gasteiger partial charge in [0.05, 0.1) is 24.0 Å². The molecule has 2 aromatic rings. The zero-order chi connectivity index (χ0) is 14.9. The average Bonchev–Trinajstić information content (AvgIpc) is 2.54. The largest absolute Gasteiger partial charge is 0.432 e. The minimum Gasteiger partial charge on any atom is -0.432 e. The molecule has 0 aliphatic carbocycles. The predicted octanol–water partition coefficient (Wildman–Crippen LogP) is 3.79. The van der Waals surface area contributed by atoms with Crippen molar-refractivity contribution in [1.82, 2.24) is 0 Å². The van der Waals surface area contributed by atoms with E-state index in [1.807, 2.05) is 30.3 Å². The van der Waals surface area contributed by atoms with Crippen LogP contribution >= 0.6 is 0 Å². The third-order valence-electron chi connectivity index (χ3n) is 2.50. The molecule has 21 heavy (non-hydrogen) atoms. The zero-order valence-electron chi connectivity index (χ0n) is 11.4. The van der Waals surface area contributed by atoms with Crippen molar-refractivity contribution in [2.75, 3.05) is 13.9 Å². The van der Waals surface area contributed by atoms with Gasteiger partial charge in [-0.2, -0.15) is 15.1 Å². The fourth-order valence-corrected chi connectivity index (χ4v) is 1.48. The van der Waals surface area contributed by atoms with E-state index in [1.165, 1.54) is 7.11 Å². The van der Waals surface area contributed by atoms with Gasteiger partial charge in [-0.3, -0.25) is 0 Å². The van der Waals surface area contributed by atoms with Crippen LogP contribution in [-0.2, 0) is 14.5 Å². The molecule has 2 rings (SSSR count). The van der Waals surface area contributed by atoms with Gasteiger partial charge in [0.2, 0.25) is 6.79 Å². The Balaban J connectivity index is 1.96. The Labute approximate surface area is 121 Å². The van der Waals surface area contributed by atoms with Crippen molar-refractivity contribution >= 4 is 17.3 Å². The van der Waals surface area contributed by atoms with Gasteiger partial charge in [0.25, 0.3) is 0 Å². The van der Waals surface area contributed by atoms with E-state index in [9.17, 15) is 4.79 Å². The highest BCUT2D eigenvalue weighted by molar-refractivity contribution is 5.89. The number of rotatable bonds is 6. The van der Waals surface area contributed by atoms with Crippen molar-refractivity contribution in [3.05, 3.63) is 60.2 Å². The third kappa shape index (κ3) is 4.79. The first kappa shape index (κ1) is 14.8. The van der Waals surface area contributed by atoms with E-state index in [2.05, 4.69) is 20.0 Å². The van der Waals surface area contributed by atoms with E-state index in [-0.39, 0.29) is 6.79 Å². The molecule has 2 aromatic carbocycles. The first-order valence-electron chi connectivity index (χ1n) is 6.19. The van der Waals surface area contributed by atoms with Crippen LogP contribution in [0.3, 0.4) is 0 Å². The normalized spacial score (nSPS) is 10.7. The summed E-state index contributed by atoms with van der Waals surface area (Å²) in [6.07, 6.45) is 0. The standard InChI is InChI=1S/C15H14N2O4/c1-19-21-11-20-15(18)12-7-9-14(10-8-12)17-16-13-5-3-2-4-6-13/h2-10H,11H2,1H3. The third-order valence-corrected chi connectivity index (χ3v) is 2.50. The van der Waals surface area contributed by atoms with Crippen LogP contribution in [-0.4, -0.2) is 19.9 Å². The van der Waals surface area contributed by atoms with Gasteiger partial charge in [-0.1, -0.05) is 18.2 Å². The molecule has 0 heterocycles. The Bertz CT molecular complexity index is 597. The average molecular weight is 286 g/mol. The molecule has 0 N–H and O–H groups in total. The highest BCUT2D eigenvalue weighted by Crippen LogP contribution is 2.18. The van der Waals surface area contributed by atoms with Crippen LogP contribution < -0.4 is 0 Å². The predicted molar refractivity (Wildman–Crippen MR) is 75.4 cm³/mol. The molecule has 0 amide bonds. The second kappa shape index (κ2) is 7.88. The highest BCUT2D eigenvalue weighted by Gasteiger charge is 2.06. The molecule has 0 saturated carbocycles. The van der Waals surface area contributed by atoms with E-state index >= 15 is 0 Å². The number of azo groups is 1. The molecular weight excluding hydrogens is 272 g/mol. The van der Waals surface area contributed by atoms with Gasteiger partial charge in [-0.25, -0.2) is 9.68 Å². The number of hydrogen-bond donors (Lipinski definition) is 0. The van der Waals surface area contributed by atoms with Crippen molar-refractivity contribution in [2.45, 2.75) is 0 Å². The maximum atomic E-state index is 11.6. The number of hydrogen-bond acceptors (Lipinski definition) is 6. The molecule has 0 unspecified atom stereocenters. The number of nitrogens with zero attached hydrogens (tertiary/aromatic N) is 2. The van der Waals surface area contributed by atoms with Crippen LogP contribution in [0.15, 0.2) is 64.8 Å². The van der Waals surface area contributed by atoms with E-state index < -0.39 is 5.97 Å². The van der Waals surface area contributed by atoms with Crippen LogP contribution in [0, 0.1) is 0 Å². The van der Waals surface area contributed by atoms with Gasteiger partial charge in [0.15, 0.2) is 0 Å². The van der Waals surface area contributed by atoms with E-state index in [0.717, 1.165) is 5.69 Å². The SMILES string of the molecule is COOCOC(=O)c1ccc(N=Nc2ccccc2)cc1. The van der Waals surface area contributed by atoms with Crippen LogP contribution in [0.25, 0.3) is 0 Å². The first-order valence-corrected chi connectivity index (χ1v) is 6.19. The number of esters is 1. The van der Waals surface area contributed by atoms with Crippen LogP contribution in [0.4, 0.5) is 11.4 Å². The zero-order valence-corrected chi connectivity index (χ0v) is 11.4. The fourth-order valence-electron chi connectivity index (χ4n) is 1.48. The molecule has 0 aromatic heterocycles. The quantitative estimate of drug-likeness (QED) is 0.202. The van der Waals surface area contributed by atoms with Crippen molar-refractivity contribution in [3.8, 4) is 0 Å². The lowest BCUT2D eigenvalue weighted by Crippen LogP contribution is -2.08. The summed E-state index contributed by atoms with van der Waals surface area (Å²) in [5.41, 5.74) is 1.80. The van der Waals surface area contributed by atoms with Crippen LogP contribution in [0.2, 0.25) is 0 Å². The summed E-state index contributed by atoms with van der Waals surface area (Å²) in [7, 11) is 1.33. The molecule has 0 fully saturated rings. The van der Waals surface area contributed by atoms with Gasteiger partial charge in [0.1, 0.15) is 0 Å². The number of carbonyl (C=O) groups is 1. The second-order valence-electron chi connectivity index (χ2n) is 3.92. The maximum absolute atomic E-state index is 11.6. The topological polar surface area (TPSA) is 69.5 Å². The number of benzene rings is 2. The summed E-state index contributed by atoms with van der Waals surface area (Å²) in [5, 5.41) is 8.16. The second-order valence-corrected chi connectivity index (χ2v) is 3.92. The Kier molecular flexibility index (Phi) is 5.57. The molecular formula is C15H14N2O4. The van der Waals surface area contributed by atoms with Gasteiger partial charge in [-0.15, -0.1) is 0 Å². The van der Waals surface area contributed by atoms with Crippen molar-refractivity contribution in [2.24, 2.45) is 10.2 Å². The minimum atomic E-state index is -0.501. The lowest BCUT2D eigenvalue weighted by molar-refractivity contribution is -0.308. The lowest BCUT2D eigenvalue weighted by atomic mass is 10.2. The van der Waals surface area contributed by atoms with Gasteiger partial charge in [0, 0.05) is 0 Å². The molecule has 0 aliphatic rings. The van der Waals surface area contributed by atoms with Gasteiger partial charge < -0.3 is 4.74 Å². The Morgan fingerprint density at radius 1 is 0.952 bits per heavy atom. The molecule has 0 bridgehead atoms. The van der Waals surface area contributed by atoms with E-state index in [4.69, 9.17) is 4.74 Å². The molecule has 6 nitrogen and oxygen atoms in total. The van der Waals surface area contributed by atoms with Crippen LogP contribution in [0.5, 0.6) is 0 Å². The van der Waals surface area contributed by atoms with Crippen LogP contribution in [0.1, 0.15) is 10.4 Å². The first-order chi connectivity index (χ1) is 10.3. The Morgan fingerprint density at radius 2 is 1.57 bits per heavy atom. The molecule has 0 atom stereocenters.